The van der Waals surface area contributed by atoms with Gasteiger partial charge in [-0.25, -0.2) is 0 Å². The normalized spacial score (nSPS) is 16.9. The highest BCUT2D eigenvalue weighted by Crippen LogP contribution is 2.31. The van der Waals surface area contributed by atoms with E-state index in [9.17, 15) is 22.8 Å². The summed E-state index contributed by atoms with van der Waals surface area (Å²) < 4.78 is 37.8. The molecule has 1 atom stereocenters. The molecule has 0 saturated carbocycles. The summed E-state index contributed by atoms with van der Waals surface area (Å²) in [7, 11) is 0. The van der Waals surface area contributed by atoms with Crippen LogP contribution in [0.5, 0.6) is 0 Å². The van der Waals surface area contributed by atoms with E-state index in [1.54, 1.807) is 24.3 Å². The summed E-state index contributed by atoms with van der Waals surface area (Å²) in [4.78, 5) is 26.1. The summed E-state index contributed by atoms with van der Waals surface area (Å²) in [6.07, 6.45) is -4.48. The molecule has 138 valence electrons. The van der Waals surface area contributed by atoms with Crippen LogP contribution in [0.2, 0.25) is 0 Å². The van der Waals surface area contributed by atoms with Crippen molar-refractivity contribution in [2.75, 3.05) is 16.8 Å². The summed E-state index contributed by atoms with van der Waals surface area (Å²) in [6.45, 7) is 0.101. The molecule has 8 heteroatoms. The van der Waals surface area contributed by atoms with Gasteiger partial charge in [-0.15, -0.1) is 0 Å². The largest absolute Gasteiger partial charge is 0.416 e. The maximum absolute atomic E-state index is 12.6. The zero-order chi connectivity index (χ0) is 19.6. The highest BCUT2D eigenvalue weighted by Gasteiger charge is 2.36. The molecule has 0 bridgehead atoms. The summed E-state index contributed by atoms with van der Waals surface area (Å²) in [5, 5.41) is 11.7. The van der Waals surface area contributed by atoms with E-state index in [1.807, 2.05) is 6.07 Å². The number of para-hydroxylation sites is 1. The van der Waals surface area contributed by atoms with E-state index in [-0.39, 0.29) is 24.6 Å². The quantitative estimate of drug-likeness (QED) is 0.894. The van der Waals surface area contributed by atoms with Gasteiger partial charge in [-0.2, -0.15) is 18.4 Å². The topological polar surface area (TPSA) is 73.2 Å². The second-order valence-corrected chi connectivity index (χ2v) is 6.10. The average Bonchev–Trinajstić information content (AvgIpc) is 3.03. The van der Waals surface area contributed by atoms with E-state index >= 15 is 0 Å². The third-order valence-corrected chi connectivity index (χ3v) is 4.29. The number of hydrogen-bond acceptors (Lipinski definition) is 3. The SMILES string of the molecule is N#Cc1ccccc1N1CC(C(=O)Nc2ccc(C(F)(F)F)cc2)CC1=O. The van der Waals surface area contributed by atoms with E-state index in [2.05, 4.69) is 5.32 Å². The maximum Gasteiger partial charge on any atom is 0.416 e. The molecule has 2 aromatic rings. The summed E-state index contributed by atoms with van der Waals surface area (Å²) in [6, 6.07) is 12.7. The summed E-state index contributed by atoms with van der Waals surface area (Å²) >= 11 is 0. The van der Waals surface area contributed by atoms with Crippen LogP contribution in [0.25, 0.3) is 0 Å². The van der Waals surface area contributed by atoms with Crippen molar-refractivity contribution in [3.05, 3.63) is 59.7 Å². The molecule has 1 fully saturated rings. The number of amides is 2. The van der Waals surface area contributed by atoms with Gasteiger partial charge in [0.15, 0.2) is 0 Å². The Morgan fingerprint density at radius 2 is 1.81 bits per heavy atom. The third kappa shape index (κ3) is 3.92. The van der Waals surface area contributed by atoms with Crippen molar-refractivity contribution in [2.45, 2.75) is 12.6 Å². The van der Waals surface area contributed by atoms with Gasteiger partial charge in [0.2, 0.25) is 11.8 Å². The number of alkyl halides is 3. The van der Waals surface area contributed by atoms with Crippen LogP contribution in [0.3, 0.4) is 0 Å². The zero-order valence-corrected chi connectivity index (χ0v) is 14.0. The minimum Gasteiger partial charge on any atom is -0.326 e. The van der Waals surface area contributed by atoms with Crippen LogP contribution in [0, 0.1) is 17.2 Å². The molecule has 0 spiro atoms. The number of hydrogen-bond donors (Lipinski definition) is 1. The monoisotopic (exact) mass is 373 g/mol. The van der Waals surface area contributed by atoms with Crippen LogP contribution >= 0.6 is 0 Å². The van der Waals surface area contributed by atoms with Crippen LogP contribution in [-0.2, 0) is 15.8 Å². The molecular formula is C19H14F3N3O2. The van der Waals surface area contributed by atoms with Gasteiger partial charge in [0.1, 0.15) is 6.07 Å². The molecular weight excluding hydrogens is 359 g/mol. The Balaban J connectivity index is 1.70. The number of halogens is 3. The van der Waals surface area contributed by atoms with Crippen molar-refractivity contribution in [1.82, 2.24) is 0 Å². The molecule has 1 N–H and O–H groups in total. The lowest BCUT2D eigenvalue weighted by Gasteiger charge is -2.18. The van der Waals surface area contributed by atoms with Gasteiger partial charge in [0.05, 0.1) is 22.7 Å². The molecule has 5 nitrogen and oxygen atoms in total. The second kappa shape index (κ2) is 7.11. The number of anilines is 2. The number of rotatable bonds is 3. The average molecular weight is 373 g/mol. The molecule has 1 saturated heterocycles. The fourth-order valence-corrected chi connectivity index (χ4v) is 2.91. The van der Waals surface area contributed by atoms with Crippen LogP contribution in [0.15, 0.2) is 48.5 Å². The van der Waals surface area contributed by atoms with Gasteiger partial charge < -0.3 is 10.2 Å². The van der Waals surface area contributed by atoms with E-state index in [0.717, 1.165) is 12.1 Å². The smallest absolute Gasteiger partial charge is 0.326 e. The van der Waals surface area contributed by atoms with Crippen molar-refractivity contribution in [3.8, 4) is 6.07 Å². The molecule has 2 aromatic carbocycles. The van der Waals surface area contributed by atoms with Gasteiger partial charge in [0, 0.05) is 18.7 Å². The van der Waals surface area contributed by atoms with Crippen LogP contribution < -0.4 is 10.2 Å². The molecule has 0 aliphatic carbocycles. The fourth-order valence-electron chi connectivity index (χ4n) is 2.91. The van der Waals surface area contributed by atoms with Gasteiger partial charge in [-0.1, -0.05) is 12.1 Å². The Hall–Kier alpha value is -3.34. The molecule has 2 amide bonds. The molecule has 1 heterocycles. The molecule has 1 aliphatic heterocycles. The van der Waals surface area contributed by atoms with Crippen LogP contribution in [0.1, 0.15) is 17.5 Å². The highest BCUT2D eigenvalue weighted by atomic mass is 19.4. The number of nitrogens with one attached hydrogen (secondary N) is 1. The minimum absolute atomic E-state index is 0.0355. The molecule has 27 heavy (non-hydrogen) atoms. The van der Waals surface area contributed by atoms with E-state index in [0.29, 0.717) is 11.3 Å². The van der Waals surface area contributed by atoms with Crippen molar-refractivity contribution in [2.24, 2.45) is 5.92 Å². The van der Waals surface area contributed by atoms with Gasteiger partial charge >= 0.3 is 6.18 Å². The highest BCUT2D eigenvalue weighted by molar-refractivity contribution is 6.04. The van der Waals surface area contributed by atoms with Gasteiger partial charge in [0.25, 0.3) is 0 Å². The van der Waals surface area contributed by atoms with Crippen LogP contribution in [0.4, 0.5) is 24.5 Å². The van der Waals surface area contributed by atoms with E-state index in [1.165, 1.54) is 17.0 Å². The first-order valence-corrected chi connectivity index (χ1v) is 8.07. The van der Waals surface area contributed by atoms with Gasteiger partial charge in [-0.3, -0.25) is 9.59 Å². The third-order valence-electron chi connectivity index (χ3n) is 4.29. The molecule has 3 rings (SSSR count). The summed E-state index contributed by atoms with van der Waals surface area (Å²) in [5.41, 5.74) is 0.177. The molecule has 1 aliphatic rings. The predicted octanol–water partition coefficient (Wildman–Crippen LogP) is 3.57. The van der Waals surface area contributed by atoms with Crippen molar-refractivity contribution < 1.29 is 22.8 Å². The molecule has 1 unspecified atom stereocenters. The number of nitriles is 1. The number of carbonyl (C=O) groups excluding carboxylic acids is 2. The second-order valence-electron chi connectivity index (χ2n) is 6.10. The molecule has 0 radical (unpaired) electrons. The van der Waals surface area contributed by atoms with E-state index in [4.69, 9.17) is 5.26 Å². The van der Waals surface area contributed by atoms with Crippen molar-refractivity contribution in [3.63, 3.8) is 0 Å². The Morgan fingerprint density at radius 3 is 2.44 bits per heavy atom. The standard InChI is InChI=1S/C19H14F3N3O2/c20-19(21,22)14-5-7-15(8-6-14)24-18(27)13-9-17(26)25(11-13)16-4-2-1-3-12(16)10-23/h1-8,13H,9,11H2,(H,24,27). The lowest BCUT2D eigenvalue weighted by atomic mass is 10.1. The van der Waals surface area contributed by atoms with Crippen molar-refractivity contribution >= 4 is 23.2 Å². The predicted molar refractivity (Wildman–Crippen MR) is 91.7 cm³/mol. The Bertz CT molecular complexity index is 917. The molecule has 0 aromatic heterocycles. The number of benzene rings is 2. The first-order chi connectivity index (χ1) is 12.8. The van der Waals surface area contributed by atoms with Crippen molar-refractivity contribution in [1.29, 1.82) is 5.26 Å². The minimum atomic E-state index is -4.45. The van der Waals surface area contributed by atoms with Crippen LogP contribution in [-0.4, -0.2) is 18.4 Å². The number of carbonyl (C=O) groups is 2. The zero-order valence-electron chi connectivity index (χ0n) is 14.0. The number of nitrogens with zero attached hydrogens (tertiary/aromatic N) is 2. The fraction of sp³-hybridized carbons (Fsp3) is 0.211. The first kappa shape index (κ1) is 18.5. The summed E-state index contributed by atoms with van der Waals surface area (Å²) in [5.74, 6) is -1.41. The van der Waals surface area contributed by atoms with E-state index < -0.39 is 23.6 Å². The maximum atomic E-state index is 12.6. The lowest BCUT2D eigenvalue weighted by Crippen LogP contribution is -2.28. The Morgan fingerprint density at radius 1 is 1.15 bits per heavy atom. The Labute approximate surface area is 153 Å². The van der Waals surface area contributed by atoms with Gasteiger partial charge in [-0.05, 0) is 36.4 Å². The first-order valence-electron chi connectivity index (χ1n) is 8.07. The Kier molecular flexibility index (Phi) is 4.86. The lowest BCUT2D eigenvalue weighted by molar-refractivity contribution is -0.137.